The number of aryl methyl sites for hydroxylation is 2. The van der Waals surface area contributed by atoms with Crippen LogP contribution in [0.1, 0.15) is 39.0 Å². The van der Waals surface area contributed by atoms with Crippen LogP contribution >= 0.6 is 23.7 Å². The van der Waals surface area contributed by atoms with Gasteiger partial charge in [0.1, 0.15) is 11.2 Å². The second-order valence-corrected chi connectivity index (χ2v) is 8.47. The van der Waals surface area contributed by atoms with Crippen molar-refractivity contribution in [2.24, 2.45) is 10.9 Å². The number of anilines is 2. The molecular weight excluding hydrogens is 517 g/mol. The summed E-state index contributed by atoms with van der Waals surface area (Å²) in [5.41, 5.74) is 2.10. The smallest absolute Gasteiger partial charge is 0.347 e. The van der Waals surface area contributed by atoms with E-state index in [1.54, 1.807) is 0 Å². The van der Waals surface area contributed by atoms with Gasteiger partial charge < -0.3 is 21.8 Å². The van der Waals surface area contributed by atoms with Crippen LogP contribution in [0.3, 0.4) is 0 Å². The van der Waals surface area contributed by atoms with Crippen molar-refractivity contribution in [2.45, 2.75) is 32.5 Å². The van der Waals surface area contributed by atoms with Gasteiger partial charge in [0, 0.05) is 19.2 Å². The Balaban J connectivity index is 0.00000456. The fourth-order valence-corrected chi connectivity index (χ4v) is 4.09. The number of nitrogens with one attached hydrogen (secondary N) is 3. The number of benzene rings is 2. The van der Waals surface area contributed by atoms with E-state index in [0.29, 0.717) is 34.1 Å². The van der Waals surface area contributed by atoms with E-state index in [0.717, 1.165) is 34.7 Å². The maximum absolute atomic E-state index is 12.9. The van der Waals surface area contributed by atoms with Crippen molar-refractivity contribution >= 4 is 52.7 Å². The van der Waals surface area contributed by atoms with Gasteiger partial charge in [-0.3, -0.25) is 9.59 Å². The summed E-state index contributed by atoms with van der Waals surface area (Å²) in [5.74, 6) is 4.33. The summed E-state index contributed by atoms with van der Waals surface area (Å²) in [6, 6.07) is 12.1. The minimum Gasteiger partial charge on any atom is -0.347 e. The van der Waals surface area contributed by atoms with Crippen LogP contribution < -0.4 is 21.8 Å². The number of carbonyl (C=O) groups excluding carboxylic acids is 2. The molecule has 0 radical (unpaired) electrons. The number of rotatable bonds is 9. The zero-order chi connectivity index (χ0) is 25.4. The number of hydrazone groups is 1. The zero-order valence-corrected chi connectivity index (χ0v) is 20.7. The van der Waals surface area contributed by atoms with Gasteiger partial charge in [0.25, 0.3) is 5.91 Å². The first-order valence-corrected chi connectivity index (χ1v) is 11.3. The number of aromatic nitrogens is 1. The summed E-state index contributed by atoms with van der Waals surface area (Å²) in [6.45, 7) is 1.39. The monoisotopic (exact) mass is 540 g/mol. The van der Waals surface area contributed by atoms with Crippen molar-refractivity contribution < 1.29 is 22.8 Å². The van der Waals surface area contributed by atoms with Crippen LogP contribution in [0, 0.1) is 0 Å². The molecule has 2 amide bonds. The van der Waals surface area contributed by atoms with Gasteiger partial charge in [-0.2, -0.15) is 18.3 Å². The van der Waals surface area contributed by atoms with Crippen molar-refractivity contribution in [3.63, 3.8) is 0 Å². The van der Waals surface area contributed by atoms with Crippen molar-refractivity contribution in [2.75, 3.05) is 10.6 Å². The zero-order valence-electron chi connectivity index (χ0n) is 19.1. The van der Waals surface area contributed by atoms with Gasteiger partial charge in [0.2, 0.25) is 5.91 Å². The Kier molecular flexibility index (Phi) is 10.2. The maximum Gasteiger partial charge on any atom is 0.416 e. The van der Waals surface area contributed by atoms with Crippen LogP contribution in [0.5, 0.6) is 0 Å². The predicted octanol–water partition coefficient (Wildman–Crippen LogP) is 4.57. The third kappa shape index (κ3) is 8.24. The van der Waals surface area contributed by atoms with Crippen LogP contribution in [-0.4, -0.2) is 23.1 Å². The van der Waals surface area contributed by atoms with E-state index in [4.69, 9.17) is 5.84 Å². The lowest BCUT2D eigenvalue weighted by atomic mass is 10.1. The summed E-state index contributed by atoms with van der Waals surface area (Å²) in [5, 5.41) is 11.9. The number of hydrogen-bond acceptors (Lipinski definition) is 6. The fourth-order valence-electron chi connectivity index (χ4n) is 3.12. The molecule has 0 unspecified atom stereocenters. The summed E-state index contributed by atoms with van der Waals surface area (Å²) in [4.78, 5) is 29.0. The van der Waals surface area contributed by atoms with Crippen molar-refractivity contribution in [1.29, 1.82) is 0 Å². The maximum atomic E-state index is 12.9. The molecule has 36 heavy (non-hydrogen) atoms. The SMILES string of the molecule is CC(=O)Nc1nc(CCc2ccc(NC=NN)cc2)c(C(=O)NCc2ccc(C(F)(F)F)cc2)s1.Cl. The molecule has 3 rings (SSSR count). The van der Waals surface area contributed by atoms with Gasteiger partial charge >= 0.3 is 6.18 Å². The van der Waals surface area contributed by atoms with Gasteiger partial charge in [-0.25, -0.2) is 4.98 Å². The van der Waals surface area contributed by atoms with Gasteiger partial charge in [-0.05, 0) is 48.2 Å². The predicted molar refractivity (Wildman–Crippen MR) is 136 cm³/mol. The number of carbonyl (C=O) groups is 2. The number of halogens is 4. The summed E-state index contributed by atoms with van der Waals surface area (Å²) in [7, 11) is 0. The molecule has 1 heterocycles. The van der Waals surface area contributed by atoms with E-state index in [2.05, 4.69) is 26.0 Å². The molecule has 5 N–H and O–H groups in total. The second-order valence-electron chi connectivity index (χ2n) is 7.47. The number of thiazole rings is 1. The highest BCUT2D eigenvalue weighted by Gasteiger charge is 2.30. The number of nitrogens with two attached hydrogens (primary N) is 1. The molecule has 2 aromatic carbocycles. The first-order chi connectivity index (χ1) is 16.7. The molecule has 0 aliphatic carbocycles. The van der Waals surface area contributed by atoms with E-state index in [-0.39, 0.29) is 24.9 Å². The Morgan fingerprint density at radius 3 is 2.28 bits per heavy atom. The van der Waals surface area contributed by atoms with Gasteiger partial charge in [0.15, 0.2) is 5.13 Å². The quantitative estimate of drug-likeness (QED) is 0.137. The van der Waals surface area contributed by atoms with Crippen LogP contribution in [0.2, 0.25) is 0 Å². The standard InChI is InChI=1S/C23H23F3N6O2S.ClH/c1-14(33)31-22-32-19(11-6-15-4-9-18(10-5-15)29-13-30-27)20(35-22)21(34)28-12-16-2-7-17(8-3-16)23(24,25)26;/h2-5,7-10,13H,6,11-12,27H2,1H3,(H,28,34)(H,29,30)(H,31,32,33);1H. The molecule has 0 aliphatic rings. The highest BCUT2D eigenvalue weighted by Crippen LogP contribution is 2.29. The van der Waals surface area contributed by atoms with Crippen molar-refractivity contribution in [3.8, 4) is 0 Å². The normalized spacial score (nSPS) is 11.1. The Morgan fingerprint density at radius 1 is 1.06 bits per heavy atom. The van der Waals surface area contributed by atoms with E-state index < -0.39 is 17.6 Å². The molecule has 3 aromatic rings. The third-order valence-electron chi connectivity index (χ3n) is 4.83. The summed E-state index contributed by atoms with van der Waals surface area (Å²) < 4.78 is 38.2. The minimum atomic E-state index is -4.42. The minimum absolute atomic E-state index is 0. The molecule has 0 bridgehead atoms. The largest absolute Gasteiger partial charge is 0.416 e. The fraction of sp³-hybridized carbons (Fsp3) is 0.217. The lowest BCUT2D eigenvalue weighted by Gasteiger charge is -2.09. The number of alkyl halides is 3. The summed E-state index contributed by atoms with van der Waals surface area (Å²) in [6.07, 6.45) is -2.03. The highest BCUT2D eigenvalue weighted by molar-refractivity contribution is 7.17. The molecule has 0 saturated carbocycles. The third-order valence-corrected chi connectivity index (χ3v) is 5.84. The molecule has 0 saturated heterocycles. The molecule has 0 spiro atoms. The molecule has 0 atom stereocenters. The van der Waals surface area contributed by atoms with Gasteiger partial charge in [-0.15, -0.1) is 12.4 Å². The van der Waals surface area contributed by atoms with Crippen LogP contribution in [0.25, 0.3) is 0 Å². The van der Waals surface area contributed by atoms with Gasteiger partial charge in [-0.1, -0.05) is 35.6 Å². The Morgan fingerprint density at radius 2 is 1.69 bits per heavy atom. The molecule has 192 valence electrons. The first-order valence-electron chi connectivity index (χ1n) is 10.4. The molecule has 0 fully saturated rings. The second kappa shape index (κ2) is 12.9. The van der Waals surface area contributed by atoms with Crippen LogP contribution in [0.15, 0.2) is 53.6 Å². The number of nitrogens with zero attached hydrogens (tertiary/aromatic N) is 2. The van der Waals surface area contributed by atoms with Gasteiger partial charge in [0.05, 0.1) is 11.3 Å². The lowest BCUT2D eigenvalue weighted by molar-refractivity contribution is -0.137. The van der Waals surface area contributed by atoms with E-state index in [9.17, 15) is 22.8 Å². The number of amides is 2. The first kappa shape index (κ1) is 28.6. The average molecular weight is 541 g/mol. The van der Waals surface area contributed by atoms with Crippen LogP contribution in [0.4, 0.5) is 24.0 Å². The van der Waals surface area contributed by atoms with E-state index in [1.165, 1.54) is 25.4 Å². The van der Waals surface area contributed by atoms with Crippen molar-refractivity contribution in [3.05, 3.63) is 75.8 Å². The molecule has 8 nitrogen and oxygen atoms in total. The molecule has 1 aromatic heterocycles. The Bertz CT molecular complexity index is 1200. The van der Waals surface area contributed by atoms with Crippen LogP contribution in [-0.2, 0) is 30.4 Å². The average Bonchev–Trinajstić information content (AvgIpc) is 3.22. The molecule has 13 heteroatoms. The Hall–Kier alpha value is -3.64. The number of hydrogen-bond donors (Lipinski definition) is 4. The lowest BCUT2D eigenvalue weighted by Crippen LogP contribution is -2.23. The Labute approximate surface area is 215 Å². The topological polar surface area (TPSA) is 122 Å². The van der Waals surface area contributed by atoms with Crippen molar-refractivity contribution in [1.82, 2.24) is 10.3 Å². The highest BCUT2D eigenvalue weighted by atomic mass is 35.5. The van der Waals surface area contributed by atoms with E-state index in [1.807, 2.05) is 24.3 Å². The molecule has 0 aliphatic heterocycles. The molecular formula is C23H24ClF3N6O2S. The van der Waals surface area contributed by atoms with E-state index >= 15 is 0 Å². The summed E-state index contributed by atoms with van der Waals surface area (Å²) >= 11 is 1.04.